The van der Waals surface area contributed by atoms with E-state index in [1.807, 2.05) is 17.5 Å². The maximum absolute atomic E-state index is 12.4. The number of fused-ring (bicyclic) bond motifs is 1. The smallest absolute Gasteiger partial charge is 0.340 e. The summed E-state index contributed by atoms with van der Waals surface area (Å²) in [7, 11) is -3.44. The first-order valence-corrected chi connectivity index (χ1v) is 10.5. The summed E-state index contributed by atoms with van der Waals surface area (Å²) in [5, 5.41) is 9.79. The highest BCUT2D eigenvalue weighted by molar-refractivity contribution is 7.90. The predicted octanol–water partition coefficient (Wildman–Crippen LogP) is 1.90. The van der Waals surface area contributed by atoms with Crippen LogP contribution < -0.4 is 0 Å². The van der Waals surface area contributed by atoms with Crippen molar-refractivity contribution >= 4 is 33.2 Å². The summed E-state index contributed by atoms with van der Waals surface area (Å²) in [5.74, 6) is 0.159. The van der Waals surface area contributed by atoms with Crippen LogP contribution in [0.1, 0.15) is 18.9 Å². The number of hydrogen-bond donors (Lipinski definition) is 0. The van der Waals surface area contributed by atoms with Crippen molar-refractivity contribution in [2.45, 2.75) is 13.0 Å². The molecule has 2 aliphatic rings. The SMILES string of the molecule is CC(OC(=O)C1=CN2CCS(=O)(=O)N=C2C=C1)c1nnc(-c2cccs2)o1. The van der Waals surface area contributed by atoms with Gasteiger partial charge in [-0.15, -0.1) is 25.9 Å². The van der Waals surface area contributed by atoms with Crippen LogP contribution >= 0.6 is 11.3 Å². The Morgan fingerprint density at radius 3 is 3.00 bits per heavy atom. The average Bonchev–Trinajstić information content (AvgIpc) is 3.31. The molecule has 0 radical (unpaired) electrons. The highest BCUT2D eigenvalue weighted by Crippen LogP contribution is 2.26. The number of thiophene rings is 1. The van der Waals surface area contributed by atoms with Gasteiger partial charge in [0.05, 0.1) is 16.2 Å². The molecule has 0 aliphatic carbocycles. The van der Waals surface area contributed by atoms with E-state index < -0.39 is 22.1 Å². The van der Waals surface area contributed by atoms with Crippen molar-refractivity contribution in [2.24, 2.45) is 4.40 Å². The molecule has 140 valence electrons. The monoisotopic (exact) mass is 406 g/mol. The molecule has 2 aliphatic heterocycles. The van der Waals surface area contributed by atoms with Crippen LogP contribution in [0.3, 0.4) is 0 Å². The van der Waals surface area contributed by atoms with Gasteiger partial charge < -0.3 is 14.1 Å². The molecular weight excluding hydrogens is 392 g/mol. The Balaban J connectivity index is 1.45. The molecule has 0 N–H and O–H groups in total. The quantitative estimate of drug-likeness (QED) is 0.707. The second kappa shape index (κ2) is 6.74. The first-order valence-electron chi connectivity index (χ1n) is 7.99. The lowest BCUT2D eigenvalue weighted by molar-refractivity contribution is -0.144. The van der Waals surface area contributed by atoms with Crippen LogP contribution in [-0.2, 0) is 19.6 Å². The molecule has 0 aromatic carbocycles. The van der Waals surface area contributed by atoms with E-state index in [4.69, 9.17) is 9.15 Å². The summed E-state index contributed by atoms with van der Waals surface area (Å²) in [6, 6.07) is 3.73. The van der Waals surface area contributed by atoms with Crippen LogP contribution in [0.4, 0.5) is 0 Å². The Hall–Kier alpha value is -2.79. The molecule has 27 heavy (non-hydrogen) atoms. The molecule has 0 saturated heterocycles. The number of esters is 1. The second-order valence-corrected chi connectivity index (χ2v) is 8.52. The zero-order chi connectivity index (χ0) is 19.0. The van der Waals surface area contributed by atoms with Gasteiger partial charge in [0.2, 0.25) is 0 Å². The second-order valence-electron chi connectivity index (χ2n) is 5.82. The van der Waals surface area contributed by atoms with Crippen LogP contribution in [0.15, 0.2) is 50.3 Å². The van der Waals surface area contributed by atoms with Gasteiger partial charge in [0.25, 0.3) is 21.8 Å². The zero-order valence-corrected chi connectivity index (χ0v) is 15.7. The molecule has 2 aromatic heterocycles. The summed E-state index contributed by atoms with van der Waals surface area (Å²) >= 11 is 1.47. The first kappa shape index (κ1) is 17.6. The molecule has 9 nitrogen and oxygen atoms in total. The molecule has 0 bridgehead atoms. The fraction of sp³-hybridized carbons (Fsp3) is 0.250. The fourth-order valence-electron chi connectivity index (χ4n) is 2.50. The van der Waals surface area contributed by atoms with Crippen molar-refractivity contribution in [2.75, 3.05) is 12.3 Å². The molecule has 0 amide bonds. The van der Waals surface area contributed by atoms with Crippen LogP contribution in [0.2, 0.25) is 0 Å². The maximum atomic E-state index is 12.4. The minimum atomic E-state index is -3.44. The number of carbonyl (C=O) groups excluding carboxylic acids is 1. The van der Waals surface area contributed by atoms with E-state index in [-0.39, 0.29) is 29.6 Å². The highest BCUT2D eigenvalue weighted by atomic mass is 32.2. The third kappa shape index (κ3) is 3.69. The van der Waals surface area contributed by atoms with Crippen LogP contribution in [0.5, 0.6) is 0 Å². The molecule has 4 heterocycles. The number of nitrogens with zero attached hydrogens (tertiary/aromatic N) is 4. The topological polar surface area (TPSA) is 115 Å². The molecule has 0 fully saturated rings. The Morgan fingerprint density at radius 2 is 2.22 bits per heavy atom. The summed E-state index contributed by atoms with van der Waals surface area (Å²) < 4.78 is 37.7. The van der Waals surface area contributed by atoms with Gasteiger partial charge in [-0.25, -0.2) is 13.2 Å². The lowest BCUT2D eigenvalue weighted by atomic mass is 10.2. The Bertz CT molecular complexity index is 1070. The molecule has 11 heteroatoms. The van der Waals surface area contributed by atoms with E-state index in [1.165, 1.54) is 29.7 Å². The van der Waals surface area contributed by atoms with Crippen LogP contribution in [0, 0.1) is 0 Å². The van der Waals surface area contributed by atoms with Gasteiger partial charge in [-0.05, 0) is 30.5 Å². The van der Waals surface area contributed by atoms with Gasteiger partial charge >= 0.3 is 5.97 Å². The van der Waals surface area contributed by atoms with Crippen LogP contribution in [0.25, 0.3) is 10.8 Å². The average molecular weight is 406 g/mol. The highest BCUT2D eigenvalue weighted by Gasteiger charge is 2.27. The molecule has 4 rings (SSSR count). The lowest BCUT2D eigenvalue weighted by Crippen LogP contribution is -2.37. The number of rotatable bonds is 4. The summed E-state index contributed by atoms with van der Waals surface area (Å²) in [5.41, 5.74) is 0.276. The van der Waals surface area contributed by atoms with Gasteiger partial charge in [0, 0.05) is 12.7 Å². The summed E-state index contributed by atoms with van der Waals surface area (Å²) in [6.07, 6.45) is 3.73. The Morgan fingerprint density at radius 1 is 1.37 bits per heavy atom. The van der Waals surface area contributed by atoms with E-state index in [1.54, 1.807) is 11.8 Å². The van der Waals surface area contributed by atoms with Gasteiger partial charge in [0.15, 0.2) is 6.10 Å². The Kier molecular flexibility index (Phi) is 4.40. The van der Waals surface area contributed by atoms with Crippen molar-refractivity contribution in [1.82, 2.24) is 15.1 Å². The van der Waals surface area contributed by atoms with Gasteiger partial charge in [-0.1, -0.05) is 6.07 Å². The number of carbonyl (C=O) groups is 1. The van der Waals surface area contributed by atoms with E-state index in [9.17, 15) is 13.2 Å². The molecule has 0 saturated carbocycles. The van der Waals surface area contributed by atoms with Crippen molar-refractivity contribution < 1.29 is 22.4 Å². The minimum Gasteiger partial charge on any atom is -0.449 e. The van der Waals surface area contributed by atoms with Gasteiger partial charge in [-0.2, -0.15) is 0 Å². The summed E-state index contributed by atoms with van der Waals surface area (Å²) in [4.78, 5) is 14.8. The largest absolute Gasteiger partial charge is 0.449 e. The third-order valence-corrected chi connectivity index (χ3v) is 5.89. The van der Waals surface area contributed by atoms with E-state index in [0.717, 1.165) is 4.88 Å². The number of sulfonamides is 1. The van der Waals surface area contributed by atoms with Crippen molar-refractivity contribution in [1.29, 1.82) is 0 Å². The minimum absolute atomic E-state index is 0.104. The number of ether oxygens (including phenoxy) is 1. The number of hydrogen-bond acceptors (Lipinski definition) is 9. The van der Waals surface area contributed by atoms with E-state index in [2.05, 4.69) is 14.6 Å². The normalized spacial score (nSPS) is 19.1. The summed E-state index contributed by atoms with van der Waals surface area (Å²) in [6.45, 7) is 1.86. The van der Waals surface area contributed by atoms with Crippen molar-refractivity contribution in [3.8, 4) is 10.8 Å². The van der Waals surface area contributed by atoms with E-state index >= 15 is 0 Å². The van der Waals surface area contributed by atoms with Gasteiger partial charge in [0.1, 0.15) is 5.84 Å². The van der Waals surface area contributed by atoms with Crippen molar-refractivity contribution in [3.63, 3.8) is 0 Å². The van der Waals surface area contributed by atoms with Crippen LogP contribution in [-0.4, -0.2) is 47.6 Å². The lowest BCUT2D eigenvalue weighted by Gasteiger charge is -2.26. The molecular formula is C16H14N4O5S2. The Labute approximate surface area is 158 Å². The standard InChI is InChI=1S/C16H14N4O5S2/c1-10(14-17-18-15(25-14)12-3-2-7-26-12)24-16(21)11-4-5-13-19-27(22,23)8-6-20(13)9-11/h2-5,7,9-10H,6,8H2,1H3. The zero-order valence-electron chi connectivity index (χ0n) is 14.1. The predicted molar refractivity (Wildman–Crippen MR) is 97.3 cm³/mol. The number of amidine groups is 1. The third-order valence-electron chi connectivity index (χ3n) is 3.86. The molecule has 2 aromatic rings. The van der Waals surface area contributed by atoms with Crippen molar-refractivity contribution in [3.05, 3.63) is 47.3 Å². The molecule has 1 unspecified atom stereocenters. The fourth-order valence-corrected chi connectivity index (χ4v) is 4.11. The first-order chi connectivity index (χ1) is 12.9. The van der Waals surface area contributed by atoms with Gasteiger partial charge in [-0.3, -0.25) is 0 Å². The molecule has 0 spiro atoms. The van der Waals surface area contributed by atoms with E-state index in [0.29, 0.717) is 5.89 Å². The maximum Gasteiger partial charge on any atom is 0.340 e. The number of aromatic nitrogens is 2. The molecule has 1 atom stereocenters.